The number of piperidine rings is 1. The Morgan fingerprint density at radius 2 is 1.68 bits per heavy atom. The van der Waals surface area contributed by atoms with Crippen LogP contribution >= 0.6 is 0 Å². The normalized spacial score (nSPS) is 16.4. The van der Waals surface area contributed by atoms with E-state index in [9.17, 15) is 0 Å². The molecule has 1 fully saturated rings. The Bertz CT molecular complexity index is 809. The summed E-state index contributed by atoms with van der Waals surface area (Å²) in [6, 6.07) is 15.0. The maximum atomic E-state index is 5.45. The van der Waals surface area contributed by atoms with Gasteiger partial charge in [0.05, 0.1) is 6.54 Å². The highest BCUT2D eigenvalue weighted by molar-refractivity contribution is 5.53. The molecule has 0 aliphatic carbocycles. The SMILES string of the molecule is Cc1ccc(C)n1C1CCN(Cc2nc(-c3ccccc3)no2)CC1. The molecule has 0 bridgehead atoms. The fourth-order valence-corrected chi connectivity index (χ4v) is 3.81. The lowest BCUT2D eigenvalue weighted by molar-refractivity contribution is 0.160. The van der Waals surface area contributed by atoms with Crippen LogP contribution in [0.5, 0.6) is 0 Å². The van der Waals surface area contributed by atoms with Gasteiger partial charge in [-0.3, -0.25) is 4.90 Å². The van der Waals surface area contributed by atoms with E-state index in [1.165, 1.54) is 11.4 Å². The van der Waals surface area contributed by atoms with Crippen molar-refractivity contribution < 1.29 is 4.52 Å². The maximum Gasteiger partial charge on any atom is 0.241 e. The molecule has 0 N–H and O–H groups in total. The number of benzene rings is 1. The molecular formula is C20H24N4O. The summed E-state index contributed by atoms with van der Waals surface area (Å²) in [5.74, 6) is 1.37. The molecule has 0 amide bonds. The Morgan fingerprint density at radius 3 is 2.36 bits per heavy atom. The minimum atomic E-state index is 0.605. The fraction of sp³-hybridized carbons (Fsp3) is 0.400. The van der Waals surface area contributed by atoms with E-state index < -0.39 is 0 Å². The van der Waals surface area contributed by atoms with Crippen molar-refractivity contribution in [2.24, 2.45) is 0 Å². The van der Waals surface area contributed by atoms with Crippen molar-refractivity contribution in [1.29, 1.82) is 0 Å². The van der Waals surface area contributed by atoms with E-state index in [1.807, 2.05) is 30.3 Å². The van der Waals surface area contributed by atoms with Gasteiger partial charge in [0.15, 0.2) is 0 Å². The molecule has 3 aromatic rings. The van der Waals surface area contributed by atoms with Crippen LogP contribution in [0, 0.1) is 13.8 Å². The lowest BCUT2D eigenvalue weighted by atomic mass is 10.0. The van der Waals surface area contributed by atoms with Gasteiger partial charge < -0.3 is 9.09 Å². The molecule has 5 nitrogen and oxygen atoms in total. The number of hydrogen-bond donors (Lipinski definition) is 0. The monoisotopic (exact) mass is 336 g/mol. The van der Waals surface area contributed by atoms with Crippen LogP contribution in [0.3, 0.4) is 0 Å². The average molecular weight is 336 g/mol. The van der Waals surface area contributed by atoms with Crippen molar-refractivity contribution in [3.8, 4) is 11.4 Å². The third kappa shape index (κ3) is 3.37. The van der Waals surface area contributed by atoms with Gasteiger partial charge in [-0.1, -0.05) is 35.5 Å². The van der Waals surface area contributed by atoms with Crippen LogP contribution in [-0.2, 0) is 6.54 Å². The Hall–Kier alpha value is -2.40. The van der Waals surface area contributed by atoms with Crippen LogP contribution in [0.4, 0.5) is 0 Å². The third-order valence-corrected chi connectivity index (χ3v) is 5.11. The predicted octanol–water partition coefficient (Wildman–Crippen LogP) is 3.99. The standard InChI is InChI=1S/C20H24N4O/c1-15-8-9-16(2)24(15)18-10-12-23(13-11-18)14-19-21-20(22-25-19)17-6-4-3-5-7-17/h3-9,18H,10-14H2,1-2H3. The topological polar surface area (TPSA) is 47.1 Å². The minimum Gasteiger partial charge on any atom is -0.346 e. The van der Waals surface area contributed by atoms with Crippen molar-refractivity contribution in [1.82, 2.24) is 19.6 Å². The molecule has 5 heteroatoms. The summed E-state index contributed by atoms with van der Waals surface area (Å²) in [6.07, 6.45) is 2.33. The molecule has 0 saturated carbocycles. The maximum absolute atomic E-state index is 5.45. The quantitative estimate of drug-likeness (QED) is 0.723. The third-order valence-electron chi connectivity index (χ3n) is 5.11. The van der Waals surface area contributed by atoms with E-state index in [-0.39, 0.29) is 0 Å². The first-order valence-corrected chi connectivity index (χ1v) is 8.95. The summed E-state index contributed by atoms with van der Waals surface area (Å²) >= 11 is 0. The van der Waals surface area contributed by atoms with E-state index in [1.54, 1.807) is 0 Å². The van der Waals surface area contributed by atoms with E-state index in [0.29, 0.717) is 17.8 Å². The van der Waals surface area contributed by atoms with Crippen LogP contribution in [-0.4, -0.2) is 32.7 Å². The molecule has 1 aliphatic rings. The first kappa shape index (κ1) is 16.1. The Balaban J connectivity index is 1.37. The van der Waals surface area contributed by atoms with Gasteiger partial charge in [-0.25, -0.2) is 0 Å². The second kappa shape index (κ2) is 6.84. The van der Waals surface area contributed by atoms with Crippen molar-refractivity contribution in [3.05, 3.63) is 59.7 Å². The van der Waals surface area contributed by atoms with Gasteiger partial charge in [-0.2, -0.15) is 4.98 Å². The summed E-state index contributed by atoms with van der Waals surface area (Å²) in [5.41, 5.74) is 3.72. The summed E-state index contributed by atoms with van der Waals surface area (Å²) in [5, 5.41) is 4.11. The molecule has 130 valence electrons. The van der Waals surface area contributed by atoms with Gasteiger partial charge in [0.1, 0.15) is 0 Å². The molecule has 0 radical (unpaired) electrons. The van der Waals surface area contributed by atoms with E-state index in [4.69, 9.17) is 4.52 Å². The number of nitrogens with zero attached hydrogens (tertiary/aromatic N) is 4. The summed E-state index contributed by atoms with van der Waals surface area (Å²) in [7, 11) is 0. The van der Waals surface area contributed by atoms with Crippen molar-refractivity contribution >= 4 is 0 Å². The van der Waals surface area contributed by atoms with Crippen LogP contribution < -0.4 is 0 Å². The van der Waals surface area contributed by atoms with Gasteiger partial charge in [0.25, 0.3) is 0 Å². The summed E-state index contributed by atoms with van der Waals surface area (Å²) in [4.78, 5) is 6.96. The predicted molar refractivity (Wildman–Crippen MR) is 97.2 cm³/mol. The van der Waals surface area contributed by atoms with E-state index >= 15 is 0 Å². The molecular weight excluding hydrogens is 312 g/mol. The van der Waals surface area contributed by atoms with Crippen molar-refractivity contribution in [3.63, 3.8) is 0 Å². The van der Waals surface area contributed by atoms with Crippen LogP contribution in [0.1, 0.15) is 36.2 Å². The fourth-order valence-electron chi connectivity index (χ4n) is 3.81. The molecule has 1 aliphatic heterocycles. The lowest BCUT2D eigenvalue weighted by Crippen LogP contribution is -2.34. The first-order valence-electron chi connectivity index (χ1n) is 8.95. The molecule has 0 spiro atoms. The van der Waals surface area contributed by atoms with Crippen LogP contribution in [0.15, 0.2) is 47.0 Å². The Labute approximate surface area is 148 Å². The molecule has 0 unspecified atom stereocenters. The minimum absolute atomic E-state index is 0.605. The van der Waals surface area contributed by atoms with Gasteiger partial charge >= 0.3 is 0 Å². The Morgan fingerprint density at radius 1 is 1.00 bits per heavy atom. The molecule has 3 heterocycles. The van der Waals surface area contributed by atoms with Gasteiger partial charge in [-0.15, -0.1) is 0 Å². The zero-order chi connectivity index (χ0) is 17.2. The van der Waals surface area contributed by atoms with Gasteiger partial charge in [0, 0.05) is 36.1 Å². The molecule has 2 aromatic heterocycles. The largest absolute Gasteiger partial charge is 0.346 e. The second-order valence-corrected chi connectivity index (χ2v) is 6.87. The molecule has 1 aromatic carbocycles. The average Bonchev–Trinajstić information content (AvgIpc) is 3.23. The summed E-state index contributed by atoms with van der Waals surface area (Å²) in [6.45, 7) is 7.25. The number of aryl methyl sites for hydroxylation is 2. The van der Waals surface area contributed by atoms with E-state index in [0.717, 1.165) is 38.0 Å². The highest BCUT2D eigenvalue weighted by atomic mass is 16.5. The van der Waals surface area contributed by atoms with E-state index in [2.05, 4.69) is 45.6 Å². The molecule has 4 rings (SSSR count). The van der Waals surface area contributed by atoms with Crippen molar-refractivity contribution in [2.75, 3.05) is 13.1 Å². The molecule has 25 heavy (non-hydrogen) atoms. The number of aromatic nitrogens is 3. The summed E-state index contributed by atoms with van der Waals surface area (Å²) < 4.78 is 7.93. The molecule has 1 saturated heterocycles. The highest BCUT2D eigenvalue weighted by Crippen LogP contribution is 2.27. The van der Waals surface area contributed by atoms with Gasteiger partial charge in [-0.05, 0) is 38.8 Å². The number of likely N-dealkylation sites (tertiary alicyclic amines) is 1. The second-order valence-electron chi connectivity index (χ2n) is 6.87. The number of hydrogen-bond acceptors (Lipinski definition) is 4. The highest BCUT2D eigenvalue weighted by Gasteiger charge is 2.23. The lowest BCUT2D eigenvalue weighted by Gasteiger charge is -2.33. The van der Waals surface area contributed by atoms with Crippen LogP contribution in [0.25, 0.3) is 11.4 Å². The zero-order valence-electron chi connectivity index (χ0n) is 14.9. The van der Waals surface area contributed by atoms with Crippen molar-refractivity contribution in [2.45, 2.75) is 39.3 Å². The smallest absolute Gasteiger partial charge is 0.241 e. The number of rotatable bonds is 4. The van der Waals surface area contributed by atoms with Crippen LogP contribution in [0.2, 0.25) is 0 Å². The zero-order valence-corrected chi connectivity index (χ0v) is 14.9. The van der Waals surface area contributed by atoms with Gasteiger partial charge in [0.2, 0.25) is 11.7 Å². The first-order chi connectivity index (χ1) is 12.2. The molecule has 0 atom stereocenters. The Kier molecular flexibility index (Phi) is 4.40.